The van der Waals surface area contributed by atoms with Crippen LogP contribution in [-0.2, 0) is 0 Å². The normalized spacial score (nSPS) is 11.4. The summed E-state index contributed by atoms with van der Waals surface area (Å²) in [5, 5.41) is 10.9. The first kappa shape index (κ1) is 13.6. The van der Waals surface area contributed by atoms with Crippen molar-refractivity contribution in [3.05, 3.63) is 36.3 Å². The van der Waals surface area contributed by atoms with Crippen molar-refractivity contribution in [3.8, 4) is 5.75 Å². The Morgan fingerprint density at radius 3 is 2.11 bits per heavy atom. The highest BCUT2D eigenvalue weighted by Crippen LogP contribution is 2.35. The van der Waals surface area contributed by atoms with Gasteiger partial charge in [0.1, 0.15) is 11.0 Å². The molecule has 2 aromatic carbocycles. The second-order valence-electron chi connectivity index (χ2n) is 3.86. The molecule has 0 atom stereocenters. The molecule has 0 radical (unpaired) electrons. The standard InChI is InChI=1S/C12H4BrCl2IN2O/c13-4-1-7(16)12(19)11-10(4)17-8-2-5(14)6(15)3-9(8)18-11/h1-3,19H. The SMILES string of the molecule is Oc1c(I)cc(Br)c2nc3cc(Cl)c(Cl)cc3nc12. The van der Waals surface area contributed by atoms with Gasteiger partial charge in [0.25, 0.3) is 0 Å². The van der Waals surface area contributed by atoms with Gasteiger partial charge in [0.15, 0.2) is 5.75 Å². The number of fused-ring (bicyclic) bond motifs is 2. The summed E-state index contributed by atoms with van der Waals surface area (Å²) in [5.41, 5.74) is 2.24. The second-order valence-corrected chi connectivity index (χ2v) is 6.70. The first-order valence-electron chi connectivity index (χ1n) is 5.11. The Hall–Kier alpha value is -0.370. The van der Waals surface area contributed by atoms with Gasteiger partial charge in [-0.3, -0.25) is 0 Å². The molecule has 0 aliphatic heterocycles. The molecule has 0 saturated carbocycles. The molecule has 1 heterocycles. The largest absolute Gasteiger partial charge is 0.505 e. The summed E-state index contributed by atoms with van der Waals surface area (Å²) in [6.45, 7) is 0. The van der Waals surface area contributed by atoms with E-state index in [1.807, 2.05) is 22.6 Å². The van der Waals surface area contributed by atoms with Gasteiger partial charge >= 0.3 is 0 Å². The third kappa shape index (κ3) is 2.26. The Balaban J connectivity index is 2.52. The van der Waals surface area contributed by atoms with E-state index < -0.39 is 0 Å². The highest BCUT2D eigenvalue weighted by atomic mass is 127. The molecule has 0 unspecified atom stereocenters. The van der Waals surface area contributed by atoms with Crippen LogP contribution < -0.4 is 0 Å². The number of phenols is 1. The summed E-state index contributed by atoms with van der Waals surface area (Å²) in [4.78, 5) is 8.88. The molecule has 1 aromatic heterocycles. The van der Waals surface area contributed by atoms with E-state index in [0.29, 0.717) is 35.7 Å². The second kappa shape index (κ2) is 4.87. The van der Waals surface area contributed by atoms with E-state index in [1.165, 1.54) is 0 Å². The van der Waals surface area contributed by atoms with Crippen molar-refractivity contribution >= 4 is 83.8 Å². The van der Waals surface area contributed by atoms with E-state index in [9.17, 15) is 5.11 Å². The number of aromatic hydroxyl groups is 1. The van der Waals surface area contributed by atoms with Crippen molar-refractivity contribution in [3.63, 3.8) is 0 Å². The minimum atomic E-state index is 0.110. The highest BCUT2D eigenvalue weighted by molar-refractivity contribution is 14.1. The number of phenolic OH excluding ortho intramolecular Hbond substituents is 1. The van der Waals surface area contributed by atoms with Gasteiger partial charge in [-0.2, -0.15) is 0 Å². The third-order valence-corrected chi connectivity index (χ3v) is 4.79. The van der Waals surface area contributed by atoms with E-state index in [1.54, 1.807) is 18.2 Å². The Bertz CT molecular complexity index is 841. The maximum atomic E-state index is 10.1. The van der Waals surface area contributed by atoms with E-state index in [0.717, 1.165) is 4.47 Å². The van der Waals surface area contributed by atoms with Crippen LogP contribution in [0.4, 0.5) is 0 Å². The number of halogens is 4. The lowest BCUT2D eigenvalue weighted by Crippen LogP contribution is -1.91. The van der Waals surface area contributed by atoms with E-state index >= 15 is 0 Å². The van der Waals surface area contributed by atoms with Gasteiger partial charge in [0.05, 0.1) is 24.6 Å². The van der Waals surface area contributed by atoms with Crippen molar-refractivity contribution in [1.29, 1.82) is 0 Å². The Morgan fingerprint density at radius 2 is 1.53 bits per heavy atom. The lowest BCUT2D eigenvalue weighted by atomic mass is 10.2. The number of nitrogens with zero attached hydrogens (tertiary/aromatic N) is 2. The van der Waals surface area contributed by atoms with E-state index in [-0.39, 0.29) is 5.75 Å². The van der Waals surface area contributed by atoms with Gasteiger partial charge in [-0.1, -0.05) is 23.2 Å². The van der Waals surface area contributed by atoms with Gasteiger partial charge in [-0.15, -0.1) is 0 Å². The zero-order valence-electron chi connectivity index (χ0n) is 9.09. The van der Waals surface area contributed by atoms with Gasteiger partial charge in [0.2, 0.25) is 0 Å². The maximum absolute atomic E-state index is 10.1. The third-order valence-electron chi connectivity index (χ3n) is 2.64. The molecule has 3 rings (SSSR count). The summed E-state index contributed by atoms with van der Waals surface area (Å²) in [7, 11) is 0. The zero-order chi connectivity index (χ0) is 13.7. The maximum Gasteiger partial charge on any atom is 0.156 e. The molecule has 3 nitrogen and oxygen atoms in total. The fourth-order valence-corrected chi connectivity index (χ4v) is 3.56. The average molecular weight is 470 g/mol. The van der Waals surface area contributed by atoms with Crippen LogP contribution in [0.25, 0.3) is 22.1 Å². The zero-order valence-corrected chi connectivity index (χ0v) is 14.3. The lowest BCUT2D eigenvalue weighted by molar-refractivity contribution is 0.476. The van der Waals surface area contributed by atoms with E-state index in [4.69, 9.17) is 23.2 Å². The van der Waals surface area contributed by atoms with Crippen molar-refractivity contribution in [1.82, 2.24) is 9.97 Å². The first-order valence-corrected chi connectivity index (χ1v) is 7.73. The number of aromatic nitrogens is 2. The average Bonchev–Trinajstić information content (AvgIpc) is 2.36. The molecule has 96 valence electrons. The van der Waals surface area contributed by atoms with Crippen molar-refractivity contribution < 1.29 is 5.11 Å². The monoisotopic (exact) mass is 468 g/mol. The summed E-state index contributed by atoms with van der Waals surface area (Å²) >= 11 is 17.4. The summed E-state index contributed by atoms with van der Waals surface area (Å²) in [6.07, 6.45) is 0. The summed E-state index contributed by atoms with van der Waals surface area (Å²) in [5.74, 6) is 0.110. The topological polar surface area (TPSA) is 46.0 Å². The fourth-order valence-electron chi connectivity index (χ4n) is 1.74. The molecule has 0 amide bonds. The molecule has 0 aliphatic carbocycles. The van der Waals surface area contributed by atoms with Gasteiger partial charge < -0.3 is 5.11 Å². The van der Waals surface area contributed by atoms with Crippen LogP contribution in [0.3, 0.4) is 0 Å². The number of hydrogen-bond donors (Lipinski definition) is 1. The minimum Gasteiger partial charge on any atom is -0.505 e. The number of benzene rings is 2. The predicted octanol–water partition coefficient (Wildman–Crippen LogP) is 5.16. The Morgan fingerprint density at radius 1 is 1.00 bits per heavy atom. The molecule has 0 fully saturated rings. The van der Waals surface area contributed by atoms with Crippen LogP contribution in [-0.4, -0.2) is 15.1 Å². The van der Waals surface area contributed by atoms with Crippen molar-refractivity contribution in [2.24, 2.45) is 0 Å². The summed E-state index contributed by atoms with van der Waals surface area (Å²) in [6, 6.07) is 5.09. The first-order chi connectivity index (χ1) is 8.97. The van der Waals surface area contributed by atoms with Crippen LogP contribution in [0.1, 0.15) is 0 Å². The molecule has 7 heteroatoms. The molecule has 3 aromatic rings. The van der Waals surface area contributed by atoms with Gasteiger partial charge in [0, 0.05) is 4.47 Å². The number of rotatable bonds is 0. The molecule has 0 bridgehead atoms. The van der Waals surface area contributed by atoms with E-state index in [2.05, 4.69) is 25.9 Å². The van der Waals surface area contributed by atoms with Gasteiger partial charge in [-0.25, -0.2) is 9.97 Å². The van der Waals surface area contributed by atoms with Crippen molar-refractivity contribution in [2.45, 2.75) is 0 Å². The minimum absolute atomic E-state index is 0.110. The molecule has 0 saturated heterocycles. The summed E-state index contributed by atoms with van der Waals surface area (Å²) < 4.78 is 1.47. The molecule has 1 N–H and O–H groups in total. The van der Waals surface area contributed by atoms with Crippen LogP contribution in [0.2, 0.25) is 10.0 Å². The molecule has 0 spiro atoms. The smallest absolute Gasteiger partial charge is 0.156 e. The van der Waals surface area contributed by atoms with Gasteiger partial charge in [-0.05, 0) is 56.7 Å². The quantitative estimate of drug-likeness (QED) is 0.365. The molecular formula is C12H4BrCl2IN2O. The highest BCUT2D eigenvalue weighted by Gasteiger charge is 2.13. The van der Waals surface area contributed by atoms with Crippen LogP contribution in [0.5, 0.6) is 5.75 Å². The molecule has 19 heavy (non-hydrogen) atoms. The molecular weight excluding hydrogens is 466 g/mol. The van der Waals surface area contributed by atoms with Crippen molar-refractivity contribution in [2.75, 3.05) is 0 Å². The van der Waals surface area contributed by atoms with Crippen LogP contribution in [0.15, 0.2) is 22.7 Å². The van der Waals surface area contributed by atoms with Crippen LogP contribution in [0, 0.1) is 3.57 Å². The number of hydrogen-bond acceptors (Lipinski definition) is 3. The fraction of sp³-hybridized carbons (Fsp3) is 0. The lowest BCUT2D eigenvalue weighted by Gasteiger charge is -2.07. The Kier molecular flexibility index (Phi) is 3.49. The van der Waals surface area contributed by atoms with Crippen LogP contribution >= 0.6 is 61.7 Å². The predicted molar refractivity (Wildman–Crippen MR) is 89.1 cm³/mol. The Labute approximate surface area is 140 Å². The molecule has 0 aliphatic rings.